The molecule has 2 aromatic carbocycles. The summed E-state index contributed by atoms with van der Waals surface area (Å²) in [4.78, 5) is 49.7. The van der Waals surface area contributed by atoms with Crippen molar-refractivity contribution in [3.63, 3.8) is 0 Å². The molecule has 2 amide bonds. The van der Waals surface area contributed by atoms with Crippen molar-refractivity contribution in [1.29, 1.82) is 0 Å². The van der Waals surface area contributed by atoms with Crippen LogP contribution in [0.25, 0.3) is 6.08 Å². The first-order valence-corrected chi connectivity index (χ1v) is 13.6. The number of hydrogen-bond donors (Lipinski definition) is 2. The van der Waals surface area contributed by atoms with Gasteiger partial charge < -0.3 is 4.84 Å². The number of hydroxylamine groups is 2. The molecule has 1 fully saturated rings. The molecule has 38 heavy (non-hydrogen) atoms. The average molecular weight is 521 g/mol. The van der Waals surface area contributed by atoms with Crippen molar-refractivity contribution in [1.82, 2.24) is 11.0 Å². The smallest absolute Gasteiger partial charge is 0.332 e. The zero-order chi connectivity index (χ0) is 27.2. The molecule has 0 spiro atoms. The molecule has 204 valence electrons. The zero-order valence-corrected chi connectivity index (χ0v) is 22.4. The fraction of sp³-hybridized carbons (Fsp3) is 0.452. The number of rotatable bonds is 13. The van der Waals surface area contributed by atoms with E-state index in [1.807, 2.05) is 86.7 Å². The summed E-state index contributed by atoms with van der Waals surface area (Å²) in [6.45, 7) is 3.99. The highest BCUT2D eigenvalue weighted by Crippen LogP contribution is 2.26. The van der Waals surface area contributed by atoms with E-state index in [4.69, 9.17) is 9.68 Å². The van der Waals surface area contributed by atoms with Crippen LogP contribution in [0.2, 0.25) is 0 Å². The van der Waals surface area contributed by atoms with Crippen molar-refractivity contribution < 1.29 is 24.1 Å². The number of nitrogens with one attached hydrogen (secondary N) is 2. The molecule has 7 heteroatoms. The molecule has 1 aliphatic carbocycles. The number of carbonyl (C=O) groups excluding carboxylic acids is 3. The highest BCUT2D eigenvalue weighted by atomic mass is 16.7. The third-order valence-electron chi connectivity index (χ3n) is 6.74. The average Bonchev–Trinajstić information content (AvgIpc) is 3.45. The second kappa shape index (κ2) is 15.7. The molecule has 7 nitrogen and oxygen atoms in total. The van der Waals surface area contributed by atoms with Crippen molar-refractivity contribution in [3.05, 3.63) is 77.9 Å². The monoisotopic (exact) mass is 520 g/mol. The van der Waals surface area contributed by atoms with Crippen LogP contribution in [0.3, 0.4) is 0 Å². The van der Waals surface area contributed by atoms with Gasteiger partial charge in [0.25, 0.3) is 5.91 Å². The van der Waals surface area contributed by atoms with Gasteiger partial charge in [-0.05, 0) is 49.1 Å². The Bertz CT molecular complexity index is 1030. The summed E-state index contributed by atoms with van der Waals surface area (Å²) in [6.07, 6.45) is 9.26. The summed E-state index contributed by atoms with van der Waals surface area (Å²) in [7, 11) is 0. The molecule has 2 N–H and O–H groups in total. The maximum atomic E-state index is 13.3. The first kappa shape index (κ1) is 29.1. The fourth-order valence-electron chi connectivity index (χ4n) is 4.68. The Balaban J connectivity index is 1.65. The molecule has 0 aliphatic heterocycles. The second-order valence-corrected chi connectivity index (χ2v) is 10.3. The van der Waals surface area contributed by atoms with Crippen LogP contribution in [0.1, 0.15) is 69.9 Å². The van der Waals surface area contributed by atoms with Gasteiger partial charge in [-0.3, -0.25) is 14.4 Å². The third kappa shape index (κ3) is 10.1. The van der Waals surface area contributed by atoms with E-state index < -0.39 is 23.7 Å². The van der Waals surface area contributed by atoms with E-state index in [0.29, 0.717) is 19.3 Å². The minimum absolute atomic E-state index is 0.00223. The van der Waals surface area contributed by atoms with E-state index in [2.05, 4.69) is 11.0 Å². The molecule has 0 bridgehead atoms. The van der Waals surface area contributed by atoms with Crippen molar-refractivity contribution >= 4 is 23.9 Å². The molecule has 2 atom stereocenters. The number of allylic oxidation sites excluding steroid dienone is 1. The lowest BCUT2D eigenvalue weighted by Gasteiger charge is -2.26. The van der Waals surface area contributed by atoms with E-state index >= 15 is 0 Å². The predicted octanol–water partition coefficient (Wildman–Crippen LogP) is 5.57. The maximum absolute atomic E-state index is 13.3. The molecular formula is C31H40N2O5. The highest BCUT2D eigenvalue weighted by Gasteiger charge is 2.35. The minimum Gasteiger partial charge on any atom is -0.341 e. The topological polar surface area (TPSA) is 93.7 Å². The molecule has 0 radical (unpaired) electrons. The first-order valence-electron chi connectivity index (χ1n) is 13.6. The van der Waals surface area contributed by atoms with Crippen molar-refractivity contribution in [2.24, 2.45) is 17.8 Å². The molecular weight excluding hydrogens is 480 g/mol. The summed E-state index contributed by atoms with van der Waals surface area (Å²) < 4.78 is 0. The van der Waals surface area contributed by atoms with E-state index in [9.17, 15) is 14.4 Å². The van der Waals surface area contributed by atoms with Gasteiger partial charge in [-0.1, -0.05) is 99.5 Å². The van der Waals surface area contributed by atoms with Gasteiger partial charge >= 0.3 is 5.97 Å². The van der Waals surface area contributed by atoms with Crippen LogP contribution in [-0.2, 0) is 30.5 Å². The summed E-state index contributed by atoms with van der Waals surface area (Å²) in [5.41, 5.74) is 6.97. The lowest BCUT2D eigenvalue weighted by atomic mass is 9.82. The van der Waals surface area contributed by atoms with Crippen molar-refractivity contribution in [2.75, 3.05) is 0 Å². The second-order valence-electron chi connectivity index (χ2n) is 10.3. The van der Waals surface area contributed by atoms with Crippen LogP contribution in [0.15, 0.2) is 66.7 Å². The SMILES string of the molecule is CC(C)C[C@@H](C(=O)NOC(=O)CCc1ccccc1)[C@H](CC=Cc1ccccc1)C(=O)NOC1CCCC1. The van der Waals surface area contributed by atoms with E-state index in [1.54, 1.807) is 0 Å². The summed E-state index contributed by atoms with van der Waals surface area (Å²) >= 11 is 0. The van der Waals surface area contributed by atoms with Gasteiger partial charge in [0.05, 0.1) is 24.4 Å². The van der Waals surface area contributed by atoms with Crippen LogP contribution in [0, 0.1) is 17.8 Å². The summed E-state index contributed by atoms with van der Waals surface area (Å²) in [6, 6.07) is 19.4. The van der Waals surface area contributed by atoms with Gasteiger partial charge in [-0.25, -0.2) is 10.3 Å². The predicted molar refractivity (Wildman–Crippen MR) is 147 cm³/mol. The summed E-state index contributed by atoms with van der Waals surface area (Å²) in [5, 5.41) is 0. The Morgan fingerprint density at radius 3 is 2.18 bits per heavy atom. The standard InChI is InChI=1S/C31H40N2O5/c1-23(2)22-28(31(36)33-38-29(34)21-20-25-14-7-4-8-15-25)27(19-11-16-24-12-5-3-6-13-24)30(35)32-37-26-17-9-10-18-26/h3-8,11-16,23,26-28H,9-10,17-22H2,1-2H3,(H,32,35)(H,33,36)/t27-,28+/m0/s1. The number of amides is 2. The highest BCUT2D eigenvalue weighted by molar-refractivity contribution is 5.87. The normalized spacial score (nSPS) is 15.3. The molecule has 1 aliphatic rings. The van der Waals surface area contributed by atoms with Crippen LogP contribution in [-0.4, -0.2) is 23.9 Å². The Kier molecular flexibility index (Phi) is 12.0. The molecule has 0 saturated heterocycles. The number of carbonyl (C=O) groups is 3. The van der Waals surface area contributed by atoms with E-state index in [1.165, 1.54) is 0 Å². The van der Waals surface area contributed by atoms with Crippen LogP contribution < -0.4 is 11.0 Å². The Morgan fingerprint density at radius 2 is 1.53 bits per heavy atom. The van der Waals surface area contributed by atoms with Crippen molar-refractivity contribution in [2.45, 2.75) is 71.3 Å². The Hall–Kier alpha value is -3.45. The number of aryl methyl sites for hydroxylation is 1. The lowest BCUT2D eigenvalue weighted by Crippen LogP contribution is -2.44. The third-order valence-corrected chi connectivity index (χ3v) is 6.74. The molecule has 0 heterocycles. The molecule has 3 rings (SSSR count). The fourth-order valence-corrected chi connectivity index (χ4v) is 4.68. The van der Waals surface area contributed by atoms with Gasteiger partial charge in [0.2, 0.25) is 5.91 Å². The Labute approximate surface area is 225 Å². The van der Waals surface area contributed by atoms with Crippen molar-refractivity contribution in [3.8, 4) is 0 Å². The molecule has 0 unspecified atom stereocenters. The lowest BCUT2D eigenvalue weighted by molar-refractivity contribution is -0.162. The van der Waals surface area contributed by atoms with Crippen LogP contribution in [0.4, 0.5) is 0 Å². The number of benzene rings is 2. The van der Waals surface area contributed by atoms with E-state index in [-0.39, 0.29) is 24.3 Å². The Morgan fingerprint density at radius 1 is 0.895 bits per heavy atom. The minimum atomic E-state index is -0.704. The number of hydrogen-bond acceptors (Lipinski definition) is 5. The quantitative estimate of drug-likeness (QED) is 0.337. The first-order chi connectivity index (χ1) is 18.4. The molecule has 0 aromatic heterocycles. The molecule has 1 saturated carbocycles. The van der Waals surface area contributed by atoms with Gasteiger partial charge in [0.1, 0.15) is 0 Å². The van der Waals surface area contributed by atoms with Gasteiger partial charge in [-0.15, -0.1) is 0 Å². The van der Waals surface area contributed by atoms with E-state index in [0.717, 1.165) is 36.8 Å². The van der Waals surface area contributed by atoms with Crippen LogP contribution in [0.5, 0.6) is 0 Å². The summed E-state index contributed by atoms with van der Waals surface area (Å²) in [5.74, 6) is -2.61. The zero-order valence-electron chi connectivity index (χ0n) is 22.4. The van der Waals surface area contributed by atoms with Gasteiger partial charge in [0, 0.05) is 0 Å². The maximum Gasteiger partial charge on any atom is 0.332 e. The largest absolute Gasteiger partial charge is 0.341 e. The van der Waals surface area contributed by atoms with Gasteiger partial charge in [0.15, 0.2) is 0 Å². The molecule has 2 aromatic rings. The van der Waals surface area contributed by atoms with Crippen LogP contribution >= 0.6 is 0 Å². The van der Waals surface area contributed by atoms with Gasteiger partial charge in [-0.2, -0.15) is 5.48 Å².